The summed E-state index contributed by atoms with van der Waals surface area (Å²) in [5.41, 5.74) is 2.36. The molecule has 3 amide bonds. The highest BCUT2D eigenvalue weighted by atomic mass is 35.5. The van der Waals surface area contributed by atoms with Gasteiger partial charge in [-0.15, -0.1) is 0 Å². The summed E-state index contributed by atoms with van der Waals surface area (Å²) in [5.74, 6) is -1.70. The Labute approximate surface area is 218 Å². The van der Waals surface area contributed by atoms with Crippen LogP contribution in [0, 0.1) is 0 Å². The zero-order chi connectivity index (χ0) is 25.7. The second kappa shape index (κ2) is 11.6. The Morgan fingerprint density at radius 1 is 1.11 bits per heavy atom. The van der Waals surface area contributed by atoms with E-state index in [1.165, 1.54) is 31.0 Å². The molecule has 2 fully saturated rings. The normalized spacial score (nSPS) is 16.7. The summed E-state index contributed by atoms with van der Waals surface area (Å²) < 4.78 is 5.10. The zero-order valence-electron chi connectivity index (χ0n) is 19.8. The van der Waals surface area contributed by atoms with Crippen LogP contribution in [-0.2, 0) is 14.3 Å². The molecule has 0 aliphatic carbocycles. The number of nitrogens with one attached hydrogen (secondary N) is 1. The van der Waals surface area contributed by atoms with E-state index in [0.717, 1.165) is 41.0 Å². The molecule has 2 aromatic carbocycles. The first-order valence-electron chi connectivity index (χ1n) is 11.7. The quantitative estimate of drug-likeness (QED) is 0.373. The predicted molar refractivity (Wildman–Crippen MR) is 141 cm³/mol. The monoisotopic (exact) mass is 527 g/mol. The van der Waals surface area contributed by atoms with Crippen LogP contribution < -0.4 is 10.2 Å². The van der Waals surface area contributed by atoms with E-state index in [9.17, 15) is 19.2 Å². The fourth-order valence-electron chi connectivity index (χ4n) is 3.92. The van der Waals surface area contributed by atoms with Gasteiger partial charge in [0, 0.05) is 24.5 Å². The highest BCUT2D eigenvalue weighted by Gasteiger charge is 2.36. The number of hydrogen-bond acceptors (Lipinski definition) is 7. The van der Waals surface area contributed by atoms with Crippen molar-refractivity contribution in [3.63, 3.8) is 0 Å². The lowest BCUT2D eigenvalue weighted by Gasteiger charge is -2.17. The number of esters is 1. The van der Waals surface area contributed by atoms with Crippen molar-refractivity contribution >= 4 is 63.8 Å². The highest BCUT2D eigenvalue weighted by molar-refractivity contribution is 8.18. The number of anilines is 2. The summed E-state index contributed by atoms with van der Waals surface area (Å²) in [6.07, 6.45) is 4.69. The summed E-state index contributed by atoms with van der Waals surface area (Å²) in [6, 6.07) is 12.2. The zero-order valence-corrected chi connectivity index (χ0v) is 21.4. The van der Waals surface area contributed by atoms with Gasteiger partial charge in [-0.05, 0) is 73.0 Å². The van der Waals surface area contributed by atoms with Crippen LogP contribution in [0.4, 0.5) is 16.2 Å². The summed E-state index contributed by atoms with van der Waals surface area (Å²) in [6.45, 7) is 3.76. The van der Waals surface area contributed by atoms with Crippen LogP contribution in [0.1, 0.15) is 42.1 Å². The molecule has 8 nitrogen and oxygen atoms in total. The largest absolute Gasteiger partial charge is 0.462 e. The fraction of sp³-hybridized carbons (Fsp3) is 0.308. The van der Waals surface area contributed by atoms with Crippen molar-refractivity contribution in [1.29, 1.82) is 0 Å². The average molecular weight is 528 g/mol. The molecule has 0 bridgehead atoms. The van der Waals surface area contributed by atoms with Gasteiger partial charge >= 0.3 is 5.97 Å². The number of imide groups is 1. The molecule has 10 heteroatoms. The number of nitrogens with zero attached hydrogens (tertiary/aromatic N) is 2. The van der Waals surface area contributed by atoms with Crippen LogP contribution in [0.2, 0.25) is 5.02 Å². The molecule has 188 valence electrons. The number of amides is 3. The third-order valence-electron chi connectivity index (χ3n) is 5.74. The Morgan fingerprint density at radius 2 is 1.83 bits per heavy atom. The van der Waals surface area contributed by atoms with Crippen LogP contribution in [0.5, 0.6) is 0 Å². The molecule has 2 aliphatic heterocycles. The van der Waals surface area contributed by atoms with Gasteiger partial charge in [0.2, 0.25) is 5.91 Å². The number of hydrogen-bond donors (Lipinski definition) is 1. The van der Waals surface area contributed by atoms with E-state index in [0.29, 0.717) is 12.1 Å². The highest BCUT2D eigenvalue weighted by Crippen LogP contribution is 2.32. The third-order valence-corrected chi connectivity index (χ3v) is 6.98. The molecule has 0 atom stereocenters. The first kappa shape index (κ1) is 25.8. The predicted octanol–water partition coefficient (Wildman–Crippen LogP) is 5.18. The Morgan fingerprint density at radius 3 is 2.53 bits per heavy atom. The summed E-state index contributed by atoms with van der Waals surface area (Å²) >= 11 is 6.88. The number of benzene rings is 2. The number of halogens is 1. The van der Waals surface area contributed by atoms with Gasteiger partial charge in [-0.25, -0.2) is 4.79 Å². The van der Waals surface area contributed by atoms with Crippen molar-refractivity contribution in [2.75, 3.05) is 36.5 Å². The van der Waals surface area contributed by atoms with Crippen LogP contribution in [0.15, 0.2) is 47.4 Å². The van der Waals surface area contributed by atoms with Crippen LogP contribution in [0.3, 0.4) is 0 Å². The SMILES string of the molecule is CCCOC(=O)c1cc(NC(=O)CN2C(=O)S/C(=C/c3ccc(N4CCCC4)cc3)C2=O)ccc1Cl. The first-order valence-corrected chi connectivity index (χ1v) is 12.9. The van der Waals surface area contributed by atoms with E-state index < -0.39 is 29.6 Å². The molecule has 2 aliphatic rings. The standard InChI is InChI=1S/C26H26ClN3O5S/c1-2-13-35-25(33)20-15-18(7-10-21(20)27)28-23(31)16-30-24(32)22(36-26(30)34)14-17-5-8-19(9-6-17)29-11-3-4-12-29/h5-10,14-15H,2-4,11-13,16H2,1H3,(H,28,31)/b22-14+. The molecule has 0 aromatic heterocycles. The molecule has 0 radical (unpaired) electrons. The molecule has 2 saturated heterocycles. The lowest BCUT2D eigenvalue weighted by molar-refractivity contribution is -0.127. The molecule has 36 heavy (non-hydrogen) atoms. The smallest absolute Gasteiger partial charge is 0.339 e. The van der Waals surface area contributed by atoms with Crippen molar-refractivity contribution in [3.8, 4) is 0 Å². The van der Waals surface area contributed by atoms with Crippen LogP contribution in [-0.4, -0.2) is 54.2 Å². The van der Waals surface area contributed by atoms with Gasteiger partial charge in [-0.1, -0.05) is 30.7 Å². The van der Waals surface area contributed by atoms with Crippen molar-refractivity contribution < 1.29 is 23.9 Å². The number of carbonyl (C=O) groups is 4. The van der Waals surface area contributed by atoms with Gasteiger partial charge in [0.15, 0.2) is 0 Å². The lowest BCUT2D eigenvalue weighted by Crippen LogP contribution is -2.36. The van der Waals surface area contributed by atoms with Crippen molar-refractivity contribution in [2.24, 2.45) is 0 Å². The van der Waals surface area contributed by atoms with Gasteiger partial charge in [0.1, 0.15) is 6.54 Å². The molecule has 0 saturated carbocycles. The Bertz CT molecular complexity index is 1210. The molecule has 0 unspecified atom stereocenters. The Kier molecular flexibility index (Phi) is 8.32. The minimum absolute atomic E-state index is 0.118. The lowest BCUT2D eigenvalue weighted by atomic mass is 10.2. The molecule has 0 spiro atoms. The van der Waals surface area contributed by atoms with Crippen LogP contribution in [0.25, 0.3) is 6.08 Å². The number of rotatable bonds is 8. The van der Waals surface area contributed by atoms with E-state index >= 15 is 0 Å². The van der Waals surface area contributed by atoms with Gasteiger partial charge in [-0.3, -0.25) is 19.3 Å². The van der Waals surface area contributed by atoms with Gasteiger partial charge in [0.05, 0.1) is 22.1 Å². The number of ether oxygens (including phenoxy) is 1. The second-order valence-electron chi connectivity index (χ2n) is 8.43. The van der Waals surface area contributed by atoms with Crippen molar-refractivity contribution in [1.82, 2.24) is 4.90 Å². The van der Waals surface area contributed by atoms with Gasteiger partial charge in [0.25, 0.3) is 11.1 Å². The van der Waals surface area contributed by atoms with Crippen LogP contribution >= 0.6 is 23.4 Å². The molecular formula is C26H26ClN3O5S. The maximum Gasteiger partial charge on any atom is 0.339 e. The molecular weight excluding hydrogens is 502 g/mol. The number of carbonyl (C=O) groups excluding carboxylic acids is 4. The minimum atomic E-state index is -0.595. The molecule has 2 heterocycles. The minimum Gasteiger partial charge on any atom is -0.462 e. The molecule has 1 N–H and O–H groups in total. The summed E-state index contributed by atoms with van der Waals surface area (Å²) in [5, 5.41) is 2.28. The van der Waals surface area contributed by atoms with E-state index in [1.807, 2.05) is 31.2 Å². The van der Waals surface area contributed by atoms with E-state index in [2.05, 4.69) is 10.2 Å². The maximum absolute atomic E-state index is 12.8. The van der Waals surface area contributed by atoms with Crippen molar-refractivity contribution in [3.05, 3.63) is 63.5 Å². The third kappa shape index (κ3) is 6.09. The fourth-order valence-corrected chi connectivity index (χ4v) is 4.95. The van der Waals surface area contributed by atoms with E-state index in [1.54, 1.807) is 6.08 Å². The Hall–Kier alpha value is -3.30. The summed E-state index contributed by atoms with van der Waals surface area (Å²) in [4.78, 5) is 53.5. The first-order chi connectivity index (χ1) is 17.4. The second-order valence-corrected chi connectivity index (χ2v) is 9.83. The summed E-state index contributed by atoms with van der Waals surface area (Å²) in [7, 11) is 0. The van der Waals surface area contributed by atoms with E-state index in [-0.39, 0.29) is 22.1 Å². The van der Waals surface area contributed by atoms with Crippen molar-refractivity contribution in [2.45, 2.75) is 26.2 Å². The molecule has 2 aromatic rings. The topological polar surface area (TPSA) is 96.0 Å². The van der Waals surface area contributed by atoms with Gasteiger partial charge in [-0.2, -0.15) is 0 Å². The van der Waals surface area contributed by atoms with Gasteiger partial charge < -0.3 is 15.0 Å². The average Bonchev–Trinajstić information content (AvgIpc) is 3.49. The maximum atomic E-state index is 12.8. The molecule has 4 rings (SSSR count). The van der Waals surface area contributed by atoms with E-state index in [4.69, 9.17) is 16.3 Å². The number of thioether (sulfide) groups is 1. The Balaban J connectivity index is 1.39.